The maximum atomic E-state index is 12.7. The van der Waals surface area contributed by atoms with Gasteiger partial charge in [0.25, 0.3) is 11.5 Å². The maximum absolute atomic E-state index is 12.7. The van der Waals surface area contributed by atoms with Crippen LogP contribution < -0.4 is 16.2 Å². The second-order valence-electron chi connectivity index (χ2n) is 6.05. The van der Waals surface area contributed by atoms with Gasteiger partial charge < -0.3 is 15.4 Å². The van der Waals surface area contributed by atoms with E-state index in [-0.39, 0.29) is 17.6 Å². The first-order chi connectivity index (χ1) is 13.9. The van der Waals surface area contributed by atoms with Crippen LogP contribution in [0.3, 0.4) is 0 Å². The fourth-order valence-corrected chi connectivity index (χ4v) is 2.77. The van der Waals surface area contributed by atoms with Gasteiger partial charge in [-0.1, -0.05) is 18.2 Å². The lowest BCUT2D eigenvalue weighted by atomic mass is 10.1. The third-order valence-corrected chi connectivity index (χ3v) is 4.19. The fourth-order valence-electron chi connectivity index (χ4n) is 2.77. The van der Waals surface area contributed by atoms with Gasteiger partial charge in [-0.15, -0.1) is 0 Å². The van der Waals surface area contributed by atoms with Crippen molar-refractivity contribution in [2.24, 2.45) is 0 Å². The van der Waals surface area contributed by atoms with Gasteiger partial charge in [-0.25, -0.2) is 9.48 Å². The summed E-state index contributed by atoms with van der Waals surface area (Å²) in [5.41, 5.74) is 0.346. The predicted molar refractivity (Wildman–Crippen MR) is 106 cm³/mol. The van der Waals surface area contributed by atoms with Crippen molar-refractivity contribution in [3.63, 3.8) is 0 Å². The molecule has 2 aromatic carbocycles. The van der Waals surface area contributed by atoms with E-state index in [0.717, 1.165) is 4.68 Å². The number of benzene rings is 2. The summed E-state index contributed by atoms with van der Waals surface area (Å²) >= 11 is 0. The van der Waals surface area contributed by atoms with Gasteiger partial charge >= 0.3 is 5.97 Å². The SMILES string of the molecule is CNC(=O)c1nn(CC(=O)Nc2ccc(C(=O)OC)cc2)c(=O)c2ccccc12. The molecule has 0 aliphatic rings. The smallest absolute Gasteiger partial charge is 0.337 e. The molecule has 0 unspecified atom stereocenters. The molecular formula is C20H18N4O5. The number of esters is 1. The number of hydrogen-bond donors (Lipinski definition) is 2. The summed E-state index contributed by atoms with van der Waals surface area (Å²) < 4.78 is 5.57. The molecule has 2 amide bonds. The van der Waals surface area contributed by atoms with Gasteiger partial charge in [0.15, 0.2) is 5.69 Å². The van der Waals surface area contributed by atoms with Crippen LogP contribution in [-0.2, 0) is 16.1 Å². The highest BCUT2D eigenvalue weighted by atomic mass is 16.5. The Hall–Kier alpha value is -4.01. The first kappa shape index (κ1) is 19.7. The average Bonchev–Trinajstić information content (AvgIpc) is 2.75. The molecular weight excluding hydrogens is 376 g/mol. The molecule has 0 aliphatic heterocycles. The molecule has 1 heterocycles. The third-order valence-electron chi connectivity index (χ3n) is 4.19. The molecule has 0 saturated heterocycles. The van der Waals surface area contributed by atoms with Crippen LogP contribution in [0.1, 0.15) is 20.8 Å². The summed E-state index contributed by atoms with van der Waals surface area (Å²) in [7, 11) is 2.73. The zero-order chi connectivity index (χ0) is 21.0. The Bertz CT molecular complexity index is 1150. The molecule has 0 aliphatic carbocycles. The van der Waals surface area contributed by atoms with E-state index in [1.807, 2.05) is 0 Å². The number of methoxy groups -OCH3 is 1. The number of aromatic nitrogens is 2. The first-order valence-electron chi connectivity index (χ1n) is 8.64. The number of amides is 2. The number of nitrogens with one attached hydrogen (secondary N) is 2. The lowest BCUT2D eigenvalue weighted by Gasteiger charge is -2.11. The molecule has 0 radical (unpaired) electrons. The monoisotopic (exact) mass is 394 g/mol. The summed E-state index contributed by atoms with van der Waals surface area (Å²) in [4.78, 5) is 48.7. The largest absolute Gasteiger partial charge is 0.465 e. The van der Waals surface area contributed by atoms with Crippen LogP contribution in [0, 0.1) is 0 Å². The van der Waals surface area contributed by atoms with Crippen LogP contribution in [-0.4, -0.2) is 41.7 Å². The van der Waals surface area contributed by atoms with Crippen molar-refractivity contribution in [2.45, 2.75) is 6.54 Å². The van der Waals surface area contributed by atoms with Crippen molar-refractivity contribution < 1.29 is 19.1 Å². The minimum Gasteiger partial charge on any atom is -0.465 e. The van der Waals surface area contributed by atoms with Crippen molar-refractivity contribution in [1.82, 2.24) is 15.1 Å². The molecule has 0 atom stereocenters. The second-order valence-corrected chi connectivity index (χ2v) is 6.05. The van der Waals surface area contributed by atoms with E-state index < -0.39 is 23.3 Å². The van der Waals surface area contributed by atoms with E-state index in [2.05, 4.69) is 20.5 Å². The zero-order valence-corrected chi connectivity index (χ0v) is 15.8. The Morgan fingerprint density at radius 2 is 1.69 bits per heavy atom. The molecule has 9 nitrogen and oxygen atoms in total. The van der Waals surface area contributed by atoms with E-state index in [4.69, 9.17) is 0 Å². The van der Waals surface area contributed by atoms with E-state index in [9.17, 15) is 19.2 Å². The van der Waals surface area contributed by atoms with Gasteiger partial charge in [0.2, 0.25) is 5.91 Å². The first-order valence-corrected chi connectivity index (χ1v) is 8.64. The highest BCUT2D eigenvalue weighted by Crippen LogP contribution is 2.14. The highest BCUT2D eigenvalue weighted by Gasteiger charge is 2.17. The van der Waals surface area contributed by atoms with Crippen LogP contribution in [0.15, 0.2) is 53.3 Å². The summed E-state index contributed by atoms with van der Waals surface area (Å²) in [5, 5.41) is 9.87. The van der Waals surface area contributed by atoms with Crippen molar-refractivity contribution in [1.29, 1.82) is 0 Å². The molecule has 9 heteroatoms. The van der Waals surface area contributed by atoms with Crippen molar-refractivity contribution in [3.8, 4) is 0 Å². The highest BCUT2D eigenvalue weighted by molar-refractivity contribution is 6.04. The number of fused-ring (bicyclic) bond motifs is 1. The summed E-state index contributed by atoms with van der Waals surface area (Å²) in [6.07, 6.45) is 0. The van der Waals surface area contributed by atoms with Crippen LogP contribution in [0.4, 0.5) is 5.69 Å². The van der Waals surface area contributed by atoms with E-state index in [1.54, 1.807) is 24.3 Å². The van der Waals surface area contributed by atoms with Gasteiger partial charge in [0, 0.05) is 18.1 Å². The standard InChI is InChI=1S/C20H18N4O5/c1-21-18(26)17-14-5-3-4-6-15(14)19(27)24(23-17)11-16(25)22-13-9-7-12(8-10-13)20(28)29-2/h3-10H,11H2,1-2H3,(H,21,26)(H,22,25). The maximum Gasteiger partial charge on any atom is 0.337 e. The normalized spacial score (nSPS) is 10.4. The predicted octanol–water partition coefficient (Wildman–Crippen LogP) is 1.18. The number of anilines is 1. The van der Waals surface area contributed by atoms with E-state index in [0.29, 0.717) is 16.6 Å². The molecule has 0 spiro atoms. The number of hydrogen-bond acceptors (Lipinski definition) is 6. The molecule has 148 valence electrons. The number of carbonyl (C=O) groups is 3. The zero-order valence-electron chi connectivity index (χ0n) is 15.8. The van der Waals surface area contributed by atoms with Gasteiger partial charge in [-0.3, -0.25) is 14.4 Å². The number of carbonyl (C=O) groups excluding carboxylic acids is 3. The third kappa shape index (κ3) is 4.13. The molecule has 0 fully saturated rings. The molecule has 0 bridgehead atoms. The van der Waals surface area contributed by atoms with Gasteiger partial charge in [-0.05, 0) is 30.3 Å². The average molecular weight is 394 g/mol. The number of nitrogens with zero attached hydrogens (tertiary/aromatic N) is 2. The lowest BCUT2D eigenvalue weighted by molar-refractivity contribution is -0.117. The van der Waals surface area contributed by atoms with E-state index in [1.165, 1.54) is 38.4 Å². The van der Waals surface area contributed by atoms with Crippen LogP contribution in [0.25, 0.3) is 10.8 Å². The fraction of sp³-hybridized carbons (Fsp3) is 0.150. The van der Waals surface area contributed by atoms with Crippen LogP contribution >= 0.6 is 0 Å². The van der Waals surface area contributed by atoms with Crippen LogP contribution in [0.5, 0.6) is 0 Å². The minimum atomic E-state index is -0.511. The Labute approximate surface area is 165 Å². The lowest BCUT2D eigenvalue weighted by Crippen LogP contribution is -2.33. The Balaban J connectivity index is 1.87. The van der Waals surface area contributed by atoms with Gasteiger partial charge in [0.1, 0.15) is 6.54 Å². The summed E-state index contributed by atoms with van der Waals surface area (Å²) in [5.74, 6) is -1.46. The van der Waals surface area contributed by atoms with Gasteiger partial charge in [-0.2, -0.15) is 5.10 Å². The molecule has 2 N–H and O–H groups in total. The van der Waals surface area contributed by atoms with E-state index >= 15 is 0 Å². The molecule has 3 aromatic rings. The van der Waals surface area contributed by atoms with Gasteiger partial charge in [0.05, 0.1) is 18.1 Å². The number of ether oxygens (including phenoxy) is 1. The Morgan fingerprint density at radius 3 is 2.31 bits per heavy atom. The van der Waals surface area contributed by atoms with Crippen molar-refractivity contribution in [3.05, 3.63) is 70.1 Å². The molecule has 0 saturated carbocycles. The molecule has 29 heavy (non-hydrogen) atoms. The Kier molecular flexibility index (Phi) is 5.68. The summed E-state index contributed by atoms with van der Waals surface area (Å²) in [6, 6.07) is 12.7. The summed E-state index contributed by atoms with van der Waals surface area (Å²) in [6.45, 7) is -0.383. The Morgan fingerprint density at radius 1 is 1.03 bits per heavy atom. The second kappa shape index (κ2) is 8.34. The number of rotatable bonds is 5. The van der Waals surface area contributed by atoms with Crippen LogP contribution in [0.2, 0.25) is 0 Å². The topological polar surface area (TPSA) is 119 Å². The van der Waals surface area contributed by atoms with Crippen molar-refractivity contribution >= 4 is 34.2 Å². The quantitative estimate of drug-likeness (QED) is 0.627. The minimum absolute atomic E-state index is 0.0536. The molecule has 1 aromatic heterocycles. The molecule has 3 rings (SSSR count). The van der Waals surface area contributed by atoms with Crippen molar-refractivity contribution in [2.75, 3.05) is 19.5 Å².